The minimum atomic E-state index is -3.68. The van der Waals surface area contributed by atoms with Crippen molar-refractivity contribution in [1.82, 2.24) is 10.2 Å². The van der Waals surface area contributed by atoms with Gasteiger partial charge in [0, 0.05) is 11.6 Å². The van der Waals surface area contributed by atoms with Gasteiger partial charge in [-0.3, -0.25) is 14.4 Å². The summed E-state index contributed by atoms with van der Waals surface area (Å²) in [4.78, 5) is 12.4. The van der Waals surface area contributed by atoms with Crippen molar-refractivity contribution in [3.63, 3.8) is 0 Å². The highest BCUT2D eigenvalue weighted by atomic mass is 32.2. The predicted molar refractivity (Wildman–Crippen MR) is 109 cm³/mol. The van der Waals surface area contributed by atoms with E-state index >= 15 is 0 Å². The maximum atomic E-state index is 12.4. The van der Waals surface area contributed by atoms with Gasteiger partial charge in [0.25, 0.3) is 0 Å². The molecule has 0 radical (unpaired) electrons. The highest BCUT2D eigenvalue weighted by Crippen LogP contribution is 2.26. The second kappa shape index (κ2) is 8.36. The number of methoxy groups -OCH3 is 1. The van der Waals surface area contributed by atoms with E-state index in [9.17, 15) is 13.2 Å². The Hall–Kier alpha value is -2.98. The number of nitrogens with one attached hydrogen (secondary N) is 1. The normalized spacial score (nSPS) is 11.1. The van der Waals surface area contributed by atoms with E-state index in [0.29, 0.717) is 21.6 Å². The van der Waals surface area contributed by atoms with Crippen molar-refractivity contribution in [2.75, 3.05) is 29.5 Å². The zero-order chi connectivity index (χ0) is 20.1. The average molecular weight is 419 g/mol. The molecule has 0 fully saturated rings. The number of anilines is 2. The monoisotopic (exact) mass is 418 g/mol. The lowest BCUT2D eigenvalue weighted by atomic mass is 10.2. The van der Waals surface area contributed by atoms with Crippen molar-refractivity contribution in [3.8, 4) is 16.3 Å². The smallest absolute Gasteiger partial charge is 0.246 e. The van der Waals surface area contributed by atoms with Crippen LogP contribution in [-0.4, -0.2) is 44.4 Å². The summed E-state index contributed by atoms with van der Waals surface area (Å²) < 4.78 is 30.5. The zero-order valence-corrected chi connectivity index (χ0v) is 16.8. The molecule has 0 saturated carbocycles. The Morgan fingerprint density at radius 2 is 1.89 bits per heavy atom. The molecule has 3 aromatic rings. The Morgan fingerprint density at radius 1 is 1.14 bits per heavy atom. The van der Waals surface area contributed by atoms with E-state index in [1.807, 2.05) is 30.3 Å². The lowest BCUT2D eigenvalue weighted by Crippen LogP contribution is -2.37. The fourth-order valence-electron chi connectivity index (χ4n) is 2.43. The highest BCUT2D eigenvalue weighted by molar-refractivity contribution is 7.92. The standard InChI is InChI=1S/C18H18N4O4S2/c1-26-15-10-6-9-14(11-15)22(28(2,24)25)12-16(23)19-18-21-20-17(27-18)13-7-4-3-5-8-13/h3-11H,12H2,1-2H3,(H,19,21,23). The number of hydrogen-bond donors (Lipinski definition) is 1. The van der Waals surface area contributed by atoms with E-state index < -0.39 is 22.5 Å². The van der Waals surface area contributed by atoms with Gasteiger partial charge in [0.05, 0.1) is 19.1 Å². The molecule has 0 aliphatic rings. The first-order chi connectivity index (χ1) is 13.4. The van der Waals surface area contributed by atoms with E-state index in [0.717, 1.165) is 16.1 Å². The number of ether oxygens (including phenoxy) is 1. The van der Waals surface area contributed by atoms with Crippen molar-refractivity contribution >= 4 is 38.1 Å². The molecule has 28 heavy (non-hydrogen) atoms. The first-order valence-electron chi connectivity index (χ1n) is 8.17. The van der Waals surface area contributed by atoms with Crippen LogP contribution in [0.3, 0.4) is 0 Å². The van der Waals surface area contributed by atoms with Crippen molar-refractivity contribution < 1.29 is 17.9 Å². The van der Waals surface area contributed by atoms with Gasteiger partial charge in [0.2, 0.25) is 21.1 Å². The number of rotatable bonds is 7. The number of nitrogens with zero attached hydrogens (tertiary/aromatic N) is 3. The lowest BCUT2D eigenvalue weighted by molar-refractivity contribution is -0.114. The van der Waals surface area contributed by atoms with Crippen LogP contribution >= 0.6 is 11.3 Å². The lowest BCUT2D eigenvalue weighted by Gasteiger charge is -2.21. The molecule has 1 heterocycles. The summed E-state index contributed by atoms with van der Waals surface area (Å²) in [6, 6.07) is 15.9. The number of carbonyl (C=O) groups excluding carboxylic acids is 1. The quantitative estimate of drug-likeness (QED) is 0.633. The molecule has 0 aliphatic carbocycles. The Bertz CT molecular complexity index is 1070. The summed E-state index contributed by atoms with van der Waals surface area (Å²) in [6.07, 6.45) is 1.04. The van der Waals surface area contributed by atoms with Crippen molar-refractivity contribution in [3.05, 3.63) is 54.6 Å². The molecule has 0 aliphatic heterocycles. The van der Waals surface area contributed by atoms with Crippen LogP contribution in [0, 0.1) is 0 Å². The summed E-state index contributed by atoms with van der Waals surface area (Å²) >= 11 is 1.21. The highest BCUT2D eigenvalue weighted by Gasteiger charge is 2.22. The van der Waals surface area contributed by atoms with E-state index in [2.05, 4.69) is 15.5 Å². The van der Waals surface area contributed by atoms with Gasteiger partial charge in [-0.25, -0.2) is 8.42 Å². The third-order valence-electron chi connectivity index (χ3n) is 3.72. The molecular formula is C18H18N4O4S2. The van der Waals surface area contributed by atoms with Gasteiger partial charge in [-0.1, -0.05) is 47.7 Å². The topological polar surface area (TPSA) is 101 Å². The number of amides is 1. The van der Waals surface area contributed by atoms with Crippen molar-refractivity contribution in [2.45, 2.75) is 0 Å². The number of hydrogen-bond acceptors (Lipinski definition) is 7. The molecule has 1 aromatic heterocycles. The van der Waals surface area contributed by atoms with Gasteiger partial charge in [-0.15, -0.1) is 10.2 Å². The molecule has 2 aromatic carbocycles. The number of carbonyl (C=O) groups is 1. The summed E-state index contributed by atoms with van der Waals surface area (Å²) in [7, 11) is -2.20. The van der Waals surface area contributed by atoms with Crippen molar-refractivity contribution in [1.29, 1.82) is 0 Å². The molecule has 0 bridgehead atoms. The molecule has 1 amide bonds. The molecule has 1 N–H and O–H groups in total. The van der Waals surface area contributed by atoms with E-state index in [1.54, 1.807) is 24.3 Å². The van der Waals surface area contributed by atoms with Gasteiger partial charge >= 0.3 is 0 Å². The minimum absolute atomic E-state index is 0.294. The van der Waals surface area contributed by atoms with Gasteiger partial charge in [-0.05, 0) is 12.1 Å². The van der Waals surface area contributed by atoms with Gasteiger partial charge in [0.1, 0.15) is 17.3 Å². The Balaban J connectivity index is 1.75. The van der Waals surface area contributed by atoms with E-state index in [-0.39, 0.29) is 0 Å². The van der Waals surface area contributed by atoms with Gasteiger partial charge in [-0.2, -0.15) is 0 Å². The molecule has 146 valence electrons. The van der Waals surface area contributed by atoms with Crippen LogP contribution in [0.2, 0.25) is 0 Å². The van der Waals surface area contributed by atoms with Crippen molar-refractivity contribution in [2.24, 2.45) is 0 Å². The molecule has 0 saturated heterocycles. The summed E-state index contributed by atoms with van der Waals surface area (Å²) in [5, 5.41) is 11.6. The molecule has 8 nitrogen and oxygen atoms in total. The van der Waals surface area contributed by atoms with Crippen LogP contribution in [-0.2, 0) is 14.8 Å². The molecule has 3 rings (SSSR count). The summed E-state index contributed by atoms with van der Waals surface area (Å²) in [6.45, 7) is -0.397. The Kier molecular flexibility index (Phi) is 5.90. The first-order valence-corrected chi connectivity index (χ1v) is 10.8. The molecule has 0 spiro atoms. The number of sulfonamides is 1. The number of benzene rings is 2. The predicted octanol–water partition coefficient (Wildman–Crippen LogP) is 2.62. The van der Waals surface area contributed by atoms with Crippen LogP contribution < -0.4 is 14.4 Å². The van der Waals surface area contributed by atoms with E-state index in [4.69, 9.17) is 4.74 Å². The summed E-state index contributed by atoms with van der Waals surface area (Å²) in [5.41, 5.74) is 1.22. The number of aromatic nitrogens is 2. The van der Waals surface area contributed by atoms with Gasteiger partial charge < -0.3 is 4.74 Å². The first kappa shape index (κ1) is 19.8. The molecule has 0 atom stereocenters. The SMILES string of the molecule is COc1cccc(N(CC(=O)Nc2nnc(-c3ccccc3)s2)S(C)(=O)=O)c1. The van der Waals surface area contributed by atoms with Gasteiger partial charge in [0.15, 0.2) is 0 Å². The largest absolute Gasteiger partial charge is 0.497 e. The maximum absolute atomic E-state index is 12.4. The zero-order valence-electron chi connectivity index (χ0n) is 15.2. The van der Waals surface area contributed by atoms with Crippen LogP contribution in [0.25, 0.3) is 10.6 Å². The fraction of sp³-hybridized carbons (Fsp3) is 0.167. The second-order valence-electron chi connectivity index (χ2n) is 5.80. The molecule has 0 unspecified atom stereocenters. The fourth-order valence-corrected chi connectivity index (χ4v) is 4.04. The maximum Gasteiger partial charge on any atom is 0.246 e. The van der Waals surface area contributed by atoms with Crippen LogP contribution in [0.4, 0.5) is 10.8 Å². The van der Waals surface area contributed by atoms with E-state index in [1.165, 1.54) is 18.4 Å². The molecule has 10 heteroatoms. The average Bonchev–Trinajstić information content (AvgIpc) is 3.14. The third kappa shape index (κ3) is 4.84. The third-order valence-corrected chi connectivity index (χ3v) is 5.75. The molecular weight excluding hydrogens is 400 g/mol. The van der Waals surface area contributed by atoms with Crippen LogP contribution in [0.5, 0.6) is 5.75 Å². The Morgan fingerprint density at radius 3 is 2.57 bits per heavy atom. The minimum Gasteiger partial charge on any atom is -0.497 e. The van der Waals surface area contributed by atoms with Crippen LogP contribution in [0.1, 0.15) is 0 Å². The Labute approximate surface area is 166 Å². The second-order valence-corrected chi connectivity index (χ2v) is 8.68. The summed E-state index contributed by atoms with van der Waals surface area (Å²) in [5.74, 6) is -0.0350. The van der Waals surface area contributed by atoms with Crippen LogP contribution in [0.15, 0.2) is 54.6 Å².